The SMILES string of the molecule is Cc1cc2c(o1)CC(C)(C)CC2NCc1cccs1. The average Bonchev–Trinajstić information content (AvgIpc) is 2.93. The number of nitrogens with one attached hydrogen (secondary N) is 1. The van der Waals surface area contributed by atoms with E-state index in [2.05, 4.69) is 42.7 Å². The highest BCUT2D eigenvalue weighted by molar-refractivity contribution is 7.09. The van der Waals surface area contributed by atoms with Gasteiger partial charge in [0, 0.05) is 29.4 Å². The lowest BCUT2D eigenvalue weighted by Crippen LogP contribution is -2.32. The molecule has 2 nitrogen and oxygen atoms in total. The van der Waals surface area contributed by atoms with Crippen LogP contribution in [0.4, 0.5) is 0 Å². The largest absolute Gasteiger partial charge is 0.466 e. The molecule has 0 spiro atoms. The first kappa shape index (κ1) is 12.9. The monoisotopic (exact) mass is 275 g/mol. The topological polar surface area (TPSA) is 25.2 Å². The van der Waals surface area contributed by atoms with E-state index in [4.69, 9.17) is 4.42 Å². The Balaban J connectivity index is 1.80. The van der Waals surface area contributed by atoms with E-state index >= 15 is 0 Å². The van der Waals surface area contributed by atoms with Crippen LogP contribution in [-0.4, -0.2) is 0 Å². The lowest BCUT2D eigenvalue weighted by Gasteiger charge is -2.34. The highest BCUT2D eigenvalue weighted by Gasteiger charge is 2.34. The fraction of sp³-hybridized carbons (Fsp3) is 0.500. The van der Waals surface area contributed by atoms with Gasteiger partial charge >= 0.3 is 0 Å². The Morgan fingerprint density at radius 3 is 3.05 bits per heavy atom. The summed E-state index contributed by atoms with van der Waals surface area (Å²) in [6.07, 6.45) is 2.22. The minimum atomic E-state index is 0.310. The van der Waals surface area contributed by atoms with Crippen molar-refractivity contribution in [3.05, 3.63) is 45.5 Å². The Morgan fingerprint density at radius 1 is 1.47 bits per heavy atom. The molecule has 2 aromatic rings. The zero-order valence-corrected chi connectivity index (χ0v) is 12.6. The number of fused-ring (bicyclic) bond motifs is 1. The van der Waals surface area contributed by atoms with Crippen LogP contribution in [0.2, 0.25) is 0 Å². The van der Waals surface area contributed by atoms with Crippen LogP contribution >= 0.6 is 11.3 Å². The van der Waals surface area contributed by atoms with Crippen LogP contribution in [0.25, 0.3) is 0 Å². The summed E-state index contributed by atoms with van der Waals surface area (Å²) in [6.45, 7) is 7.64. The molecule has 0 aliphatic heterocycles. The zero-order valence-electron chi connectivity index (χ0n) is 11.8. The van der Waals surface area contributed by atoms with E-state index in [0.717, 1.165) is 18.7 Å². The molecule has 0 bridgehead atoms. The smallest absolute Gasteiger partial charge is 0.109 e. The second-order valence-electron chi connectivity index (χ2n) is 6.29. The summed E-state index contributed by atoms with van der Waals surface area (Å²) in [6, 6.07) is 6.92. The highest BCUT2D eigenvalue weighted by Crippen LogP contribution is 2.42. The molecule has 0 saturated heterocycles. The molecule has 3 heteroatoms. The second kappa shape index (κ2) is 4.80. The predicted molar refractivity (Wildman–Crippen MR) is 79.4 cm³/mol. The third-order valence-corrected chi connectivity index (χ3v) is 4.72. The molecule has 1 aliphatic rings. The van der Waals surface area contributed by atoms with Gasteiger partial charge in [-0.3, -0.25) is 0 Å². The summed E-state index contributed by atoms with van der Waals surface area (Å²) in [5.74, 6) is 2.21. The van der Waals surface area contributed by atoms with Crippen LogP contribution in [0, 0.1) is 12.3 Å². The van der Waals surface area contributed by atoms with Crippen LogP contribution in [-0.2, 0) is 13.0 Å². The first-order valence-electron chi connectivity index (χ1n) is 6.88. The molecule has 19 heavy (non-hydrogen) atoms. The van der Waals surface area contributed by atoms with Crippen molar-refractivity contribution in [2.75, 3.05) is 0 Å². The lowest BCUT2D eigenvalue weighted by atomic mass is 9.75. The molecule has 102 valence electrons. The number of rotatable bonds is 3. The molecule has 0 aromatic carbocycles. The number of thiophene rings is 1. The quantitative estimate of drug-likeness (QED) is 0.895. The summed E-state index contributed by atoms with van der Waals surface area (Å²) in [7, 11) is 0. The van der Waals surface area contributed by atoms with Gasteiger partial charge in [0.15, 0.2) is 0 Å². The van der Waals surface area contributed by atoms with Crippen molar-refractivity contribution < 1.29 is 4.42 Å². The van der Waals surface area contributed by atoms with Gasteiger partial charge in [0.05, 0.1) is 0 Å². The van der Waals surface area contributed by atoms with Crippen molar-refractivity contribution in [1.29, 1.82) is 0 Å². The normalized spacial score (nSPS) is 21.3. The Hall–Kier alpha value is -1.06. The number of hydrogen-bond acceptors (Lipinski definition) is 3. The Labute approximate surface area is 118 Å². The van der Waals surface area contributed by atoms with E-state index < -0.39 is 0 Å². The molecule has 2 aromatic heterocycles. The van der Waals surface area contributed by atoms with Gasteiger partial charge in [0.1, 0.15) is 11.5 Å². The van der Waals surface area contributed by atoms with Gasteiger partial charge < -0.3 is 9.73 Å². The van der Waals surface area contributed by atoms with Crippen LogP contribution in [0.15, 0.2) is 28.0 Å². The predicted octanol–water partition coefficient (Wildman–Crippen LogP) is 4.45. The van der Waals surface area contributed by atoms with E-state index in [1.165, 1.54) is 22.6 Å². The molecule has 1 N–H and O–H groups in total. The molecule has 0 amide bonds. The van der Waals surface area contributed by atoms with Crippen molar-refractivity contribution >= 4 is 11.3 Å². The van der Waals surface area contributed by atoms with Gasteiger partial charge in [-0.1, -0.05) is 19.9 Å². The first-order valence-corrected chi connectivity index (χ1v) is 7.76. The maximum atomic E-state index is 5.87. The molecule has 1 atom stereocenters. The van der Waals surface area contributed by atoms with E-state index in [-0.39, 0.29) is 0 Å². The van der Waals surface area contributed by atoms with Crippen molar-refractivity contribution in [3.63, 3.8) is 0 Å². The Morgan fingerprint density at radius 2 is 2.32 bits per heavy atom. The van der Waals surface area contributed by atoms with Crippen LogP contribution < -0.4 is 5.32 Å². The maximum absolute atomic E-state index is 5.87. The van der Waals surface area contributed by atoms with Gasteiger partial charge in [-0.05, 0) is 36.3 Å². The van der Waals surface area contributed by atoms with Gasteiger partial charge in [0.2, 0.25) is 0 Å². The van der Waals surface area contributed by atoms with Crippen molar-refractivity contribution in [2.24, 2.45) is 5.41 Å². The molecule has 0 fully saturated rings. The lowest BCUT2D eigenvalue weighted by molar-refractivity contribution is 0.234. The van der Waals surface area contributed by atoms with Gasteiger partial charge in [-0.15, -0.1) is 11.3 Å². The molecule has 1 unspecified atom stereocenters. The summed E-state index contributed by atoms with van der Waals surface area (Å²) in [4.78, 5) is 1.39. The Kier molecular flexibility index (Phi) is 3.27. The molecular weight excluding hydrogens is 254 g/mol. The van der Waals surface area contributed by atoms with Crippen molar-refractivity contribution in [2.45, 2.75) is 46.2 Å². The van der Waals surface area contributed by atoms with Gasteiger partial charge in [0.25, 0.3) is 0 Å². The van der Waals surface area contributed by atoms with Crippen LogP contribution in [0.1, 0.15) is 48.3 Å². The second-order valence-corrected chi connectivity index (χ2v) is 7.33. The van der Waals surface area contributed by atoms with Gasteiger partial charge in [-0.25, -0.2) is 0 Å². The minimum absolute atomic E-state index is 0.310. The van der Waals surface area contributed by atoms with Crippen molar-refractivity contribution in [1.82, 2.24) is 5.32 Å². The van der Waals surface area contributed by atoms with E-state index in [1.807, 2.05) is 18.3 Å². The molecule has 3 rings (SSSR count). The number of aryl methyl sites for hydroxylation is 1. The third kappa shape index (κ3) is 2.77. The maximum Gasteiger partial charge on any atom is 0.109 e. The molecule has 0 radical (unpaired) electrons. The molecule has 0 saturated carbocycles. The van der Waals surface area contributed by atoms with Gasteiger partial charge in [-0.2, -0.15) is 0 Å². The molecule has 2 heterocycles. The summed E-state index contributed by atoms with van der Waals surface area (Å²) >= 11 is 1.81. The van der Waals surface area contributed by atoms with Crippen molar-refractivity contribution in [3.8, 4) is 0 Å². The summed E-state index contributed by atoms with van der Waals surface area (Å²) in [5.41, 5.74) is 1.68. The van der Waals surface area contributed by atoms with E-state index in [1.54, 1.807) is 0 Å². The zero-order chi connectivity index (χ0) is 13.5. The third-order valence-electron chi connectivity index (χ3n) is 3.84. The number of hydrogen-bond donors (Lipinski definition) is 1. The minimum Gasteiger partial charge on any atom is -0.466 e. The average molecular weight is 275 g/mol. The van der Waals surface area contributed by atoms with Crippen LogP contribution in [0.5, 0.6) is 0 Å². The summed E-state index contributed by atoms with van der Waals surface area (Å²) in [5, 5.41) is 5.83. The molecule has 1 aliphatic carbocycles. The van der Waals surface area contributed by atoms with Crippen LogP contribution in [0.3, 0.4) is 0 Å². The summed E-state index contributed by atoms with van der Waals surface area (Å²) < 4.78 is 5.87. The van der Waals surface area contributed by atoms with E-state index in [9.17, 15) is 0 Å². The Bertz CT molecular complexity index is 553. The standard InChI is InChI=1S/C16H21NOS/c1-11-7-13-14(17-10-12-5-4-6-19-12)8-16(2,3)9-15(13)18-11/h4-7,14,17H,8-10H2,1-3H3. The number of furan rings is 1. The molecular formula is C16H21NOS. The van der Waals surface area contributed by atoms with E-state index in [0.29, 0.717) is 11.5 Å². The highest BCUT2D eigenvalue weighted by atomic mass is 32.1. The fourth-order valence-electron chi connectivity index (χ4n) is 3.00. The fourth-order valence-corrected chi connectivity index (χ4v) is 3.66. The first-order chi connectivity index (χ1) is 9.03.